The van der Waals surface area contributed by atoms with Gasteiger partial charge in [0.25, 0.3) is 0 Å². The third kappa shape index (κ3) is 2.84. The highest BCUT2D eigenvalue weighted by atomic mass is 16.3. The van der Waals surface area contributed by atoms with Crippen LogP contribution < -0.4 is 0 Å². The number of β-amino-alcohol motifs (C(OH)–C–C–N with tert-alkyl or cyclic N) is 1. The van der Waals surface area contributed by atoms with Gasteiger partial charge in [0.2, 0.25) is 5.91 Å². The molecule has 1 aliphatic rings. The zero-order valence-corrected chi connectivity index (χ0v) is 9.62. The Morgan fingerprint density at radius 2 is 2.06 bits per heavy atom. The molecule has 92 valence electrons. The molecule has 2 atom stereocenters. The van der Waals surface area contributed by atoms with Gasteiger partial charge in [0, 0.05) is 25.5 Å². The molecule has 1 aromatic carbocycles. The standard InChI is InChI=1S/C13H17NO3/c15-9-10-6-13(17)14(7-10)8-12(16)11-4-2-1-3-5-11/h1-5,10,12,15-16H,6-9H2/t10?,12-/m1/s1. The third-order valence-electron chi connectivity index (χ3n) is 3.13. The first-order chi connectivity index (χ1) is 8.20. The lowest BCUT2D eigenvalue weighted by atomic mass is 10.1. The summed E-state index contributed by atoms with van der Waals surface area (Å²) in [5, 5.41) is 19.0. The molecular weight excluding hydrogens is 218 g/mol. The summed E-state index contributed by atoms with van der Waals surface area (Å²) in [4.78, 5) is 13.2. The molecule has 0 aromatic heterocycles. The Morgan fingerprint density at radius 3 is 2.65 bits per heavy atom. The fourth-order valence-electron chi connectivity index (χ4n) is 2.14. The van der Waals surface area contributed by atoms with Gasteiger partial charge in [0.1, 0.15) is 0 Å². The largest absolute Gasteiger partial charge is 0.396 e. The second kappa shape index (κ2) is 5.29. The Kier molecular flexibility index (Phi) is 3.76. The molecule has 1 aromatic rings. The number of benzene rings is 1. The highest BCUT2D eigenvalue weighted by Gasteiger charge is 2.30. The van der Waals surface area contributed by atoms with Crippen molar-refractivity contribution in [3.05, 3.63) is 35.9 Å². The van der Waals surface area contributed by atoms with Crippen LogP contribution in [0.5, 0.6) is 0 Å². The predicted molar refractivity (Wildman–Crippen MR) is 63.2 cm³/mol. The molecule has 17 heavy (non-hydrogen) atoms. The lowest BCUT2D eigenvalue weighted by Gasteiger charge is -2.20. The number of aliphatic hydroxyl groups excluding tert-OH is 2. The van der Waals surface area contributed by atoms with Crippen molar-refractivity contribution >= 4 is 5.91 Å². The summed E-state index contributed by atoms with van der Waals surface area (Å²) < 4.78 is 0. The van der Waals surface area contributed by atoms with Gasteiger partial charge >= 0.3 is 0 Å². The molecule has 1 amide bonds. The summed E-state index contributed by atoms with van der Waals surface area (Å²) in [7, 11) is 0. The summed E-state index contributed by atoms with van der Waals surface area (Å²) in [5.41, 5.74) is 0.813. The normalized spacial score (nSPS) is 21.9. The molecule has 0 saturated carbocycles. The number of rotatable bonds is 4. The van der Waals surface area contributed by atoms with E-state index in [2.05, 4.69) is 0 Å². The van der Waals surface area contributed by atoms with E-state index in [1.54, 1.807) is 4.90 Å². The molecule has 1 saturated heterocycles. The molecule has 1 aliphatic heterocycles. The average Bonchev–Trinajstić information content (AvgIpc) is 2.71. The summed E-state index contributed by atoms with van der Waals surface area (Å²) >= 11 is 0. The van der Waals surface area contributed by atoms with E-state index in [0.717, 1.165) is 5.56 Å². The predicted octanol–water partition coefficient (Wildman–Crippen LogP) is 0.561. The Labute approximate surface area is 100 Å². The van der Waals surface area contributed by atoms with E-state index in [9.17, 15) is 9.90 Å². The first-order valence-electron chi connectivity index (χ1n) is 5.82. The summed E-state index contributed by atoms with van der Waals surface area (Å²) in [6, 6.07) is 9.30. The molecule has 0 radical (unpaired) electrons. The van der Waals surface area contributed by atoms with Crippen molar-refractivity contribution in [1.82, 2.24) is 4.90 Å². The molecule has 0 bridgehead atoms. The fraction of sp³-hybridized carbons (Fsp3) is 0.462. The highest BCUT2D eigenvalue weighted by molar-refractivity contribution is 5.78. The van der Waals surface area contributed by atoms with Crippen LogP contribution in [-0.2, 0) is 4.79 Å². The van der Waals surface area contributed by atoms with Gasteiger partial charge in [0.05, 0.1) is 12.6 Å². The molecule has 0 aliphatic carbocycles. The van der Waals surface area contributed by atoms with Crippen LogP contribution in [0.1, 0.15) is 18.1 Å². The SMILES string of the molecule is O=C1CC(CO)CN1C[C@@H](O)c1ccccc1. The van der Waals surface area contributed by atoms with E-state index in [1.807, 2.05) is 30.3 Å². The van der Waals surface area contributed by atoms with Gasteiger partial charge in [-0.05, 0) is 5.56 Å². The minimum Gasteiger partial charge on any atom is -0.396 e. The van der Waals surface area contributed by atoms with Crippen LogP contribution in [0.2, 0.25) is 0 Å². The van der Waals surface area contributed by atoms with Crippen molar-refractivity contribution < 1.29 is 15.0 Å². The molecule has 1 unspecified atom stereocenters. The first kappa shape index (κ1) is 12.1. The fourth-order valence-corrected chi connectivity index (χ4v) is 2.14. The Hall–Kier alpha value is -1.39. The lowest BCUT2D eigenvalue weighted by molar-refractivity contribution is -0.129. The van der Waals surface area contributed by atoms with Crippen molar-refractivity contribution in [3.8, 4) is 0 Å². The van der Waals surface area contributed by atoms with Crippen molar-refractivity contribution in [3.63, 3.8) is 0 Å². The number of likely N-dealkylation sites (tertiary alicyclic amines) is 1. The quantitative estimate of drug-likeness (QED) is 0.801. The van der Waals surface area contributed by atoms with Crippen molar-refractivity contribution in [2.75, 3.05) is 19.7 Å². The topological polar surface area (TPSA) is 60.8 Å². The maximum Gasteiger partial charge on any atom is 0.223 e. The van der Waals surface area contributed by atoms with Crippen LogP contribution in [0.4, 0.5) is 0 Å². The van der Waals surface area contributed by atoms with E-state index in [1.165, 1.54) is 0 Å². The van der Waals surface area contributed by atoms with E-state index in [-0.39, 0.29) is 18.4 Å². The van der Waals surface area contributed by atoms with Crippen LogP contribution in [0.3, 0.4) is 0 Å². The third-order valence-corrected chi connectivity index (χ3v) is 3.13. The van der Waals surface area contributed by atoms with Gasteiger partial charge in [-0.1, -0.05) is 30.3 Å². The molecule has 1 fully saturated rings. The average molecular weight is 235 g/mol. The maximum atomic E-state index is 11.6. The number of hydrogen-bond acceptors (Lipinski definition) is 3. The van der Waals surface area contributed by atoms with E-state index >= 15 is 0 Å². The van der Waals surface area contributed by atoms with Crippen LogP contribution in [0, 0.1) is 5.92 Å². The second-order valence-electron chi connectivity index (χ2n) is 4.48. The Bertz CT molecular complexity index is 380. The minimum atomic E-state index is -0.655. The van der Waals surface area contributed by atoms with Gasteiger partial charge in [0.15, 0.2) is 0 Å². The molecule has 4 nitrogen and oxygen atoms in total. The van der Waals surface area contributed by atoms with E-state index in [4.69, 9.17) is 5.11 Å². The number of carbonyl (C=O) groups excluding carboxylic acids is 1. The zero-order valence-electron chi connectivity index (χ0n) is 9.62. The number of carbonyl (C=O) groups is 1. The van der Waals surface area contributed by atoms with Crippen molar-refractivity contribution in [2.24, 2.45) is 5.92 Å². The molecular formula is C13H17NO3. The zero-order chi connectivity index (χ0) is 12.3. The summed E-state index contributed by atoms with van der Waals surface area (Å²) in [6.45, 7) is 0.877. The van der Waals surface area contributed by atoms with Crippen LogP contribution in [0.15, 0.2) is 30.3 Å². The molecule has 2 N–H and O–H groups in total. The monoisotopic (exact) mass is 235 g/mol. The second-order valence-corrected chi connectivity index (χ2v) is 4.48. The van der Waals surface area contributed by atoms with E-state index < -0.39 is 6.10 Å². The van der Waals surface area contributed by atoms with Gasteiger partial charge in [-0.25, -0.2) is 0 Å². The van der Waals surface area contributed by atoms with Gasteiger partial charge in [-0.15, -0.1) is 0 Å². The Balaban J connectivity index is 1.95. The van der Waals surface area contributed by atoms with Crippen LogP contribution in [-0.4, -0.2) is 40.7 Å². The van der Waals surface area contributed by atoms with Crippen LogP contribution >= 0.6 is 0 Å². The lowest BCUT2D eigenvalue weighted by Crippen LogP contribution is -2.30. The van der Waals surface area contributed by atoms with Crippen LogP contribution in [0.25, 0.3) is 0 Å². The molecule has 1 heterocycles. The number of nitrogens with zero attached hydrogens (tertiary/aromatic N) is 1. The van der Waals surface area contributed by atoms with Gasteiger partial charge in [-0.2, -0.15) is 0 Å². The Morgan fingerprint density at radius 1 is 1.35 bits per heavy atom. The number of hydrogen-bond donors (Lipinski definition) is 2. The minimum absolute atomic E-state index is 0.0130. The maximum absolute atomic E-state index is 11.6. The summed E-state index contributed by atoms with van der Waals surface area (Å²) in [6.07, 6.45) is -0.268. The first-order valence-corrected chi connectivity index (χ1v) is 5.82. The number of amides is 1. The molecule has 2 rings (SSSR count). The van der Waals surface area contributed by atoms with Gasteiger partial charge < -0.3 is 15.1 Å². The van der Waals surface area contributed by atoms with E-state index in [0.29, 0.717) is 19.5 Å². The number of aliphatic hydroxyl groups is 2. The smallest absolute Gasteiger partial charge is 0.223 e. The highest BCUT2D eigenvalue weighted by Crippen LogP contribution is 2.21. The molecule has 4 heteroatoms. The molecule has 0 spiro atoms. The van der Waals surface area contributed by atoms with Crippen molar-refractivity contribution in [1.29, 1.82) is 0 Å². The van der Waals surface area contributed by atoms with Crippen molar-refractivity contribution in [2.45, 2.75) is 12.5 Å². The van der Waals surface area contributed by atoms with Gasteiger partial charge in [-0.3, -0.25) is 4.79 Å². The summed E-state index contributed by atoms with van der Waals surface area (Å²) in [5.74, 6) is 0.0319.